The number of rotatable bonds is 4. The maximum Gasteiger partial charge on any atom is 0.337 e. The van der Waals surface area contributed by atoms with Crippen LogP contribution in [0.2, 0.25) is 0 Å². The van der Waals surface area contributed by atoms with E-state index in [1.807, 2.05) is 12.1 Å². The Morgan fingerprint density at radius 1 is 1.07 bits per heavy atom. The molecular formula is C19H14N2O5S. The van der Waals surface area contributed by atoms with E-state index in [4.69, 9.17) is 13.9 Å². The van der Waals surface area contributed by atoms with Crippen molar-refractivity contribution in [2.75, 3.05) is 19.5 Å². The third kappa shape index (κ3) is 3.22. The summed E-state index contributed by atoms with van der Waals surface area (Å²) in [5.74, 6) is 0.803. The minimum Gasteiger partial charge on any atom is -0.497 e. The second kappa shape index (κ2) is 6.73. The number of thiazole rings is 1. The van der Waals surface area contributed by atoms with Gasteiger partial charge in [-0.3, -0.25) is 10.1 Å². The molecule has 0 bridgehead atoms. The number of benzene rings is 2. The van der Waals surface area contributed by atoms with Crippen LogP contribution in [0.15, 0.2) is 51.7 Å². The monoisotopic (exact) mass is 382 g/mol. The fourth-order valence-corrected chi connectivity index (χ4v) is 3.60. The lowest BCUT2D eigenvalue weighted by Crippen LogP contribution is -2.15. The molecule has 0 aliphatic rings. The molecule has 2 heterocycles. The number of hydrogen-bond donors (Lipinski definition) is 1. The van der Waals surface area contributed by atoms with E-state index in [9.17, 15) is 9.59 Å². The molecule has 7 nitrogen and oxygen atoms in total. The Hall–Kier alpha value is -3.39. The molecular weight excluding hydrogens is 368 g/mol. The maximum absolute atomic E-state index is 12.8. The highest BCUT2D eigenvalue weighted by molar-refractivity contribution is 7.22. The normalized spacial score (nSPS) is 10.9. The number of ether oxygens (including phenoxy) is 2. The van der Waals surface area contributed by atoms with Crippen LogP contribution < -0.4 is 20.4 Å². The molecule has 27 heavy (non-hydrogen) atoms. The molecule has 0 saturated heterocycles. The average molecular weight is 382 g/mol. The van der Waals surface area contributed by atoms with Gasteiger partial charge in [0, 0.05) is 17.5 Å². The summed E-state index contributed by atoms with van der Waals surface area (Å²) in [5.41, 5.74) is 0.620. The molecule has 0 atom stereocenters. The Bertz CT molecular complexity index is 1230. The first-order valence-electron chi connectivity index (χ1n) is 7.95. The predicted octanol–water partition coefficient (Wildman–Crippen LogP) is 3.67. The van der Waals surface area contributed by atoms with E-state index >= 15 is 0 Å². The lowest BCUT2D eigenvalue weighted by atomic mass is 10.1. The summed E-state index contributed by atoms with van der Waals surface area (Å²) >= 11 is 1.32. The number of amides is 1. The van der Waals surface area contributed by atoms with E-state index in [1.165, 1.54) is 24.5 Å². The fourth-order valence-electron chi connectivity index (χ4n) is 2.71. The molecule has 1 N–H and O–H groups in total. The molecule has 0 fully saturated rings. The van der Waals surface area contributed by atoms with Crippen molar-refractivity contribution in [3.05, 3.63) is 58.4 Å². The molecule has 0 aliphatic heterocycles. The van der Waals surface area contributed by atoms with E-state index in [0.29, 0.717) is 22.0 Å². The van der Waals surface area contributed by atoms with Gasteiger partial charge in [-0.2, -0.15) is 0 Å². The molecule has 0 spiro atoms. The van der Waals surface area contributed by atoms with Crippen molar-refractivity contribution in [1.82, 2.24) is 4.98 Å². The van der Waals surface area contributed by atoms with Gasteiger partial charge in [-0.05, 0) is 30.3 Å². The van der Waals surface area contributed by atoms with Gasteiger partial charge >= 0.3 is 5.63 Å². The first-order valence-corrected chi connectivity index (χ1v) is 8.77. The number of anilines is 1. The predicted molar refractivity (Wildman–Crippen MR) is 103 cm³/mol. The summed E-state index contributed by atoms with van der Waals surface area (Å²) in [6, 6.07) is 11.6. The first-order chi connectivity index (χ1) is 13.1. The molecule has 0 aliphatic carbocycles. The van der Waals surface area contributed by atoms with Crippen molar-refractivity contribution in [2.24, 2.45) is 0 Å². The third-order valence-electron chi connectivity index (χ3n) is 4.01. The number of hydrogen-bond acceptors (Lipinski definition) is 7. The van der Waals surface area contributed by atoms with Crippen LogP contribution in [0, 0.1) is 0 Å². The first kappa shape index (κ1) is 17.0. The standard InChI is InChI=1S/C19H14N2O5S/c1-24-10-3-5-12-13(9-17(22)26-15(12)7-10)18(23)21-19-20-14-6-4-11(25-2)8-16(14)27-19/h3-9H,1-2H3,(H,20,21,23). The summed E-state index contributed by atoms with van der Waals surface area (Å²) in [6.07, 6.45) is 0. The second-order valence-electron chi connectivity index (χ2n) is 5.65. The van der Waals surface area contributed by atoms with Gasteiger partial charge in [0.15, 0.2) is 5.13 Å². The van der Waals surface area contributed by atoms with E-state index < -0.39 is 11.5 Å². The van der Waals surface area contributed by atoms with E-state index in [-0.39, 0.29) is 11.1 Å². The summed E-state index contributed by atoms with van der Waals surface area (Å²) in [5, 5.41) is 3.69. The van der Waals surface area contributed by atoms with Crippen LogP contribution in [0.1, 0.15) is 10.4 Å². The van der Waals surface area contributed by atoms with Crippen LogP contribution in [-0.4, -0.2) is 25.1 Å². The molecule has 0 saturated carbocycles. The van der Waals surface area contributed by atoms with Crippen LogP contribution in [0.25, 0.3) is 21.2 Å². The zero-order chi connectivity index (χ0) is 19.0. The van der Waals surface area contributed by atoms with Gasteiger partial charge in [0.1, 0.15) is 17.1 Å². The molecule has 0 unspecified atom stereocenters. The van der Waals surface area contributed by atoms with E-state index in [2.05, 4.69) is 10.3 Å². The van der Waals surface area contributed by atoms with Gasteiger partial charge in [0.05, 0.1) is 30.0 Å². The Morgan fingerprint density at radius 2 is 1.81 bits per heavy atom. The van der Waals surface area contributed by atoms with Gasteiger partial charge < -0.3 is 13.9 Å². The van der Waals surface area contributed by atoms with Crippen LogP contribution in [-0.2, 0) is 0 Å². The van der Waals surface area contributed by atoms with Gasteiger partial charge in [-0.25, -0.2) is 9.78 Å². The molecule has 2 aromatic carbocycles. The lowest BCUT2D eigenvalue weighted by Gasteiger charge is -2.06. The molecule has 136 valence electrons. The number of methoxy groups -OCH3 is 2. The van der Waals surface area contributed by atoms with Gasteiger partial charge in [-0.15, -0.1) is 0 Å². The zero-order valence-electron chi connectivity index (χ0n) is 14.4. The minimum absolute atomic E-state index is 0.209. The number of carbonyl (C=O) groups excluding carboxylic acids is 1. The van der Waals surface area contributed by atoms with Crippen molar-refractivity contribution < 1.29 is 18.7 Å². The minimum atomic E-state index is -0.616. The van der Waals surface area contributed by atoms with E-state index in [0.717, 1.165) is 10.2 Å². The molecule has 4 aromatic rings. The molecule has 2 aromatic heterocycles. The molecule has 8 heteroatoms. The van der Waals surface area contributed by atoms with Crippen molar-refractivity contribution in [1.29, 1.82) is 0 Å². The van der Waals surface area contributed by atoms with Crippen molar-refractivity contribution in [3.8, 4) is 11.5 Å². The second-order valence-corrected chi connectivity index (χ2v) is 6.68. The highest BCUT2D eigenvalue weighted by Gasteiger charge is 2.16. The molecule has 1 amide bonds. The van der Waals surface area contributed by atoms with Gasteiger partial charge in [-0.1, -0.05) is 11.3 Å². The third-order valence-corrected chi connectivity index (χ3v) is 4.95. The van der Waals surface area contributed by atoms with Gasteiger partial charge in [0.25, 0.3) is 5.91 Å². The maximum atomic E-state index is 12.8. The number of carbonyl (C=O) groups is 1. The highest BCUT2D eigenvalue weighted by Crippen LogP contribution is 2.30. The zero-order valence-corrected chi connectivity index (χ0v) is 15.3. The summed E-state index contributed by atoms with van der Waals surface area (Å²) in [6.45, 7) is 0. The SMILES string of the molecule is COc1ccc2c(C(=O)Nc3nc4ccc(OC)cc4s3)cc(=O)oc2c1. The number of fused-ring (bicyclic) bond motifs is 2. The summed E-state index contributed by atoms with van der Waals surface area (Å²) < 4.78 is 16.4. The van der Waals surface area contributed by atoms with Crippen molar-refractivity contribution in [2.45, 2.75) is 0 Å². The largest absolute Gasteiger partial charge is 0.497 e. The average Bonchev–Trinajstić information content (AvgIpc) is 3.07. The van der Waals surface area contributed by atoms with E-state index in [1.54, 1.807) is 31.4 Å². The fraction of sp³-hybridized carbons (Fsp3) is 0.105. The van der Waals surface area contributed by atoms with Crippen LogP contribution in [0.4, 0.5) is 5.13 Å². The lowest BCUT2D eigenvalue weighted by molar-refractivity contribution is 0.102. The Morgan fingerprint density at radius 3 is 2.59 bits per heavy atom. The Labute approximate surface area is 157 Å². The summed E-state index contributed by atoms with van der Waals surface area (Å²) in [7, 11) is 3.10. The molecule has 4 rings (SSSR count). The number of aromatic nitrogens is 1. The number of nitrogens with one attached hydrogen (secondary N) is 1. The van der Waals surface area contributed by atoms with Gasteiger partial charge in [0.2, 0.25) is 0 Å². The smallest absolute Gasteiger partial charge is 0.337 e. The van der Waals surface area contributed by atoms with Crippen molar-refractivity contribution in [3.63, 3.8) is 0 Å². The number of nitrogens with zero attached hydrogens (tertiary/aromatic N) is 1. The Kier molecular flexibility index (Phi) is 4.25. The summed E-state index contributed by atoms with van der Waals surface area (Å²) in [4.78, 5) is 29.0. The van der Waals surface area contributed by atoms with Crippen LogP contribution in [0.5, 0.6) is 11.5 Å². The van der Waals surface area contributed by atoms with Crippen LogP contribution >= 0.6 is 11.3 Å². The highest BCUT2D eigenvalue weighted by atomic mass is 32.1. The topological polar surface area (TPSA) is 90.7 Å². The molecule has 0 radical (unpaired) electrons. The quantitative estimate of drug-likeness (QED) is 0.542. The Balaban J connectivity index is 1.71. The van der Waals surface area contributed by atoms with Crippen molar-refractivity contribution >= 4 is 43.6 Å². The van der Waals surface area contributed by atoms with Crippen LogP contribution in [0.3, 0.4) is 0 Å².